The first-order chi connectivity index (χ1) is 10.9. The van der Waals surface area contributed by atoms with Gasteiger partial charge in [-0.25, -0.2) is 9.37 Å². The fourth-order valence-electron chi connectivity index (χ4n) is 2.38. The highest BCUT2D eigenvalue weighted by Gasteiger charge is 2.30. The molecule has 1 atom stereocenters. The number of hydrogen-bond acceptors (Lipinski definition) is 4. The van der Waals surface area contributed by atoms with Crippen LogP contribution < -0.4 is 5.32 Å². The summed E-state index contributed by atoms with van der Waals surface area (Å²) in [6.07, 6.45) is 2.00. The molecular weight excluding hydrogens is 341 g/mol. The van der Waals surface area contributed by atoms with Gasteiger partial charge in [-0.3, -0.25) is 9.59 Å². The van der Waals surface area contributed by atoms with Crippen LogP contribution >= 0.6 is 22.9 Å². The Labute approximate surface area is 141 Å². The number of halogens is 2. The van der Waals surface area contributed by atoms with Crippen LogP contribution in [0, 0.1) is 5.82 Å². The largest absolute Gasteiger partial charge is 0.344 e. The van der Waals surface area contributed by atoms with Crippen molar-refractivity contribution in [3.63, 3.8) is 0 Å². The highest BCUT2D eigenvalue weighted by molar-refractivity contribution is 7.16. The minimum atomic E-state index is -0.498. The number of likely N-dealkylation sites (N-methyl/N-ethyl adjacent to an activating group) is 1. The van der Waals surface area contributed by atoms with Gasteiger partial charge in [0.2, 0.25) is 5.91 Å². The highest BCUT2D eigenvalue weighted by atomic mass is 35.5. The summed E-state index contributed by atoms with van der Waals surface area (Å²) < 4.78 is 13.4. The summed E-state index contributed by atoms with van der Waals surface area (Å²) in [5, 5.41) is 3.46. The van der Waals surface area contributed by atoms with Gasteiger partial charge in [0.05, 0.1) is 6.20 Å². The Kier molecular flexibility index (Phi) is 4.32. The maximum Gasteiger partial charge on any atom is 0.263 e. The van der Waals surface area contributed by atoms with Gasteiger partial charge in [0.25, 0.3) is 5.91 Å². The molecule has 2 amide bonds. The predicted molar refractivity (Wildman–Crippen MR) is 86.0 cm³/mol. The molecule has 0 radical (unpaired) electrons. The van der Waals surface area contributed by atoms with Crippen LogP contribution in [0.5, 0.6) is 0 Å². The Balaban J connectivity index is 1.76. The van der Waals surface area contributed by atoms with E-state index in [1.165, 1.54) is 18.3 Å². The second kappa shape index (κ2) is 6.25. The minimum Gasteiger partial charge on any atom is -0.344 e. The molecule has 8 heteroatoms. The number of carbonyl (C=O) groups is 2. The second-order valence-corrected chi connectivity index (χ2v) is 6.73. The van der Waals surface area contributed by atoms with E-state index in [1.807, 2.05) is 0 Å². The van der Waals surface area contributed by atoms with Crippen molar-refractivity contribution in [3.8, 4) is 10.6 Å². The van der Waals surface area contributed by atoms with Crippen LogP contribution in [0.15, 0.2) is 24.4 Å². The maximum atomic E-state index is 13.4. The minimum absolute atomic E-state index is 0.0972. The lowest BCUT2D eigenvalue weighted by Gasteiger charge is -2.11. The number of rotatable bonds is 3. The third kappa shape index (κ3) is 3.35. The molecule has 1 aromatic carbocycles. The fourth-order valence-corrected chi connectivity index (χ4v) is 3.40. The molecule has 0 bridgehead atoms. The van der Waals surface area contributed by atoms with Gasteiger partial charge in [-0.15, -0.1) is 11.3 Å². The monoisotopic (exact) mass is 353 g/mol. The van der Waals surface area contributed by atoms with Crippen molar-refractivity contribution >= 4 is 34.8 Å². The maximum absolute atomic E-state index is 13.4. The molecule has 2 heterocycles. The number of likely N-dealkylation sites (tertiary alicyclic amines) is 1. The van der Waals surface area contributed by atoms with E-state index in [9.17, 15) is 14.0 Å². The van der Waals surface area contributed by atoms with E-state index in [0.717, 1.165) is 11.3 Å². The van der Waals surface area contributed by atoms with Crippen LogP contribution in [-0.4, -0.2) is 41.3 Å². The smallest absolute Gasteiger partial charge is 0.263 e. The zero-order valence-corrected chi connectivity index (χ0v) is 13.7. The van der Waals surface area contributed by atoms with Gasteiger partial charge in [0.15, 0.2) is 0 Å². The summed E-state index contributed by atoms with van der Waals surface area (Å²) in [5.41, 5.74) is 0.510. The molecular formula is C15H13ClFN3O2S. The molecule has 23 heavy (non-hydrogen) atoms. The van der Waals surface area contributed by atoms with E-state index >= 15 is 0 Å². The number of benzene rings is 1. The molecule has 1 fully saturated rings. The first-order valence-electron chi connectivity index (χ1n) is 6.92. The van der Waals surface area contributed by atoms with Crippen molar-refractivity contribution in [1.82, 2.24) is 15.2 Å². The van der Waals surface area contributed by atoms with Gasteiger partial charge in [0, 0.05) is 24.2 Å². The zero-order chi connectivity index (χ0) is 16.6. The Morgan fingerprint density at radius 2 is 2.26 bits per heavy atom. The quantitative estimate of drug-likeness (QED) is 0.922. The van der Waals surface area contributed by atoms with Crippen LogP contribution in [0.4, 0.5) is 4.39 Å². The Bertz CT molecular complexity index is 760. The van der Waals surface area contributed by atoms with E-state index in [1.54, 1.807) is 18.0 Å². The molecule has 1 aliphatic heterocycles. The summed E-state index contributed by atoms with van der Waals surface area (Å²) >= 11 is 6.95. The van der Waals surface area contributed by atoms with E-state index in [0.29, 0.717) is 28.4 Å². The summed E-state index contributed by atoms with van der Waals surface area (Å²) in [5.74, 6) is -0.918. The first kappa shape index (κ1) is 15.9. The second-order valence-electron chi connectivity index (χ2n) is 5.26. The number of thiazole rings is 1. The topological polar surface area (TPSA) is 62.3 Å². The molecule has 1 aromatic heterocycles. The van der Waals surface area contributed by atoms with Crippen LogP contribution in [-0.2, 0) is 4.79 Å². The van der Waals surface area contributed by atoms with Gasteiger partial charge in [0.1, 0.15) is 21.7 Å². The average Bonchev–Trinajstić information content (AvgIpc) is 3.09. The van der Waals surface area contributed by atoms with Gasteiger partial charge in [-0.2, -0.15) is 0 Å². The van der Waals surface area contributed by atoms with Gasteiger partial charge < -0.3 is 10.2 Å². The van der Waals surface area contributed by atoms with Crippen molar-refractivity contribution in [3.05, 3.63) is 40.1 Å². The van der Waals surface area contributed by atoms with E-state index in [4.69, 9.17) is 11.6 Å². The van der Waals surface area contributed by atoms with Crippen molar-refractivity contribution in [2.45, 2.75) is 12.5 Å². The van der Waals surface area contributed by atoms with Gasteiger partial charge >= 0.3 is 0 Å². The first-order valence-corrected chi connectivity index (χ1v) is 8.11. The number of amides is 2. The summed E-state index contributed by atoms with van der Waals surface area (Å²) in [4.78, 5) is 30.1. The zero-order valence-electron chi connectivity index (χ0n) is 12.2. The Morgan fingerprint density at radius 1 is 1.48 bits per heavy atom. The van der Waals surface area contributed by atoms with E-state index < -0.39 is 11.9 Å². The Morgan fingerprint density at radius 3 is 2.91 bits per heavy atom. The van der Waals surface area contributed by atoms with Crippen molar-refractivity contribution in [1.29, 1.82) is 0 Å². The Hall–Kier alpha value is -1.99. The molecule has 3 rings (SSSR count). The lowest BCUT2D eigenvalue weighted by atomic mass is 10.2. The molecule has 5 nitrogen and oxygen atoms in total. The SMILES string of the molecule is CN1CC[C@H](NC(=O)c2cnc(-c3cc(F)cc(Cl)c3)s2)C1=O. The molecule has 0 spiro atoms. The molecule has 1 aliphatic rings. The van der Waals surface area contributed by atoms with Gasteiger partial charge in [-0.1, -0.05) is 11.6 Å². The van der Waals surface area contributed by atoms with Crippen LogP contribution in [0.2, 0.25) is 5.02 Å². The van der Waals surface area contributed by atoms with Gasteiger partial charge in [-0.05, 0) is 24.6 Å². The predicted octanol–water partition coefficient (Wildman–Crippen LogP) is 2.56. The average molecular weight is 354 g/mol. The summed E-state index contributed by atoms with van der Waals surface area (Å²) in [6.45, 7) is 0.625. The molecule has 0 unspecified atom stereocenters. The molecule has 1 N–H and O–H groups in total. The summed E-state index contributed by atoms with van der Waals surface area (Å²) in [7, 11) is 1.70. The number of nitrogens with zero attached hydrogens (tertiary/aromatic N) is 2. The third-order valence-corrected chi connectivity index (χ3v) is 4.84. The highest BCUT2D eigenvalue weighted by Crippen LogP contribution is 2.28. The lowest BCUT2D eigenvalue weighted by Crippen LogP contribution is -2.40. The molecule has 2 aromatic rings. The normalized spacial score (nSPS) is 17.6. The molecule has 120 valence electrons. The number of nitrogens with one attached hydrogen (secondary N) is 1. The van der Waals surface area contributed by atoms with Crippen molar-refractivity contribution < 1.29 is 14.0 Å². The van der Waals surface area contributed by atoms with E-state index in [-0.39, 0.29) is 16.8 Å². The number of aromatic nitrogens is 1. The van der Waals surface area contributed by atoms with E-state index in [2.05, 4.69) is 10.3 Å². The number of hydrogen-bond donors (Lipinski definition) is 1. The van der Waals surface area contributed by atoms with Crippen LogP contribution in [0.3, 0.4) is 0 Å². The van der Waals surface area contributed by atoms with Crippen LogP contribution in [0.25, 0.3) is 10.6 Å². The lowest BCUT2D eigenvalue weighted by molar-refractivity contribution is -0.128. The number of carbonyl (C=O) groups excluding carboxylic acids is 2. The fraction of sp³-hybridized carbons (Fsp3) is 0.267. The molecule has 0 aliphatic carbocycles. The van der Waals surface area contributed by atoms with Crippen LogP contribution in [0.1, 0.15) is 16.1 Å². The summed E-state index contributed by atoms with van der Waals surface area (Å²) in [6, 6.07) is 3.60. The standard InChI is InChI=1S/C15H13ClFN3O2S/c1-20-3-2-11(15(20)22)19-13(21)12-7-18-14(23-12)8-4-9(16)6-10(17)5-8/h4-7,11H,2-3H2,1H3,(H,19,21)/t11-/m0/s1. The van der Waals surface area contributed by atoms with Crippen molar-refractivity contribution in [2.75, 3.05) is 13.6 Å². The van der Waals surface area contributed by atoms with Crippen molar-refractivity contribution in [2.24, 2.45) is 0 Å². The third-order valence-electron chi connectivity index (χ3n) is 3.57. The molecule has 0 saturated carbocycles. The molecule has 1 saturated heterocycles.